The van der Waals surface area contributed by atoms with Gasteiger partial charge in [0.2, 0.25) is 17.7 Å². The number of nitrogens with one attached hydrogen (secondary N) is 4. The number of nitrogens with zero attached hydrogens (tertiary/aromatic N) is 3. The molecule has 15 nitrogen and oxygen atoms in total. The van der Waals surface area contributed by atoms with E-state index in [0.717, 1.165) is 16.5 Å². The number of H-pyrrole nitrogens is 2. The van der Waals surface area contributed by atoms with Crippen LogP contribution >= 0.6 is 0 Å². The fourth-order valence-electron chi connectivity index (χ4n) is 5.23. The highest BCUT2D eigenvalue weighted by molar-refractivity contribution is 5.95. The normalized spacial score (nSPS) is 16.8. The van der Waals surface area contributed by atoms with Crippen molar-refractivity contribution in [3.63, 3.8) is 0 Å². The van der Waals surface area contributed by atoms with Gasteiger partial charge in [-0.3, -0.25) is 19.4 Å². The van der Waals surface area contributed by atoms with Gasteiger partial charge in [0.25, 0.3) is 0 Å². The summed E-state index contributed by atoms with van der Waals surface area (Å²) in [6.45, 7) is 0.559. The number of amides is 3. The molecule has 43 heavy (non-hydrogen) atoms. The highest BCUT2D eigenvalue weighted by Gasteiger charge is 2.38. The molecule has 0 radical (unpaired) electrons. The molecule has 4 atom stereocenters. The summed E-state index contributed by atoms with van der Waals surface area (Å²) in [7, 11) is 0. The van der Waals surface area contributed by atoms with E-state index in [0.29, 0.717) is 31.5 Å². The van der Waals surface area contributed by atoms with Gasteiger partial charge in [-0.2, -0.15) is 0 Å². The number of carbonyl (C=O) groups excluding carboxylic acids is 3. The number of carbonyl (C=O) groups is 4. The van der Waals surface area contributed by atoms with Gasteiger partial charge in [0.1, 0.15) is 18.1 Å². The molecule has 0 saturated carbocycles. The average Bonchev–Trinajstić information content (AvgIpc) is 3.75. The number of benzene rings is 1. The smallest absolute Gasteiger partial charge is 0.326 e. The number of aliphatic carboxylic acids is 1. The Morgan fingerprint density at radius 1 is 1.09 bits per heavy atom. The standard InChI is InChI=1S/C28H38N10O5/c29-19(6-3-9-33-28(30)31)24(39)36-21(11-16-13-34-20-7-2-1-5-18(16)20)25(40)37-22(12-17-14-32-15-35-17)26(41)38-10-4-8-23(38)27(42)43/h1-2,5,7,13-15,19,21-23,34H,3-4,6,8-12,29H2,(H,32,35)(H,36,39)(H,37,40)(H,42,43)(H4,30,31,33). The summed E-state index contributed by atoms with van der Waals surface area (Å²) < 4.78 is 0. The Morgan fingerprint density at radius 2 is 1.86 bits per heavy atom. The summed E-state index contributed by atoms with van der Waals surface area (Å²) in [5, 5.41) is 16.1. The molecule has 1 saturated heterocycles. The molecule has 230 valence electrons. The van der Waals surface area contributed by atoms with E-state index in [2.05, 4.69) is 30.6 Å². The molecule has 2 aromatic heterocycles. The van der Waals surface area contributed by atoms with Gasteiger partial charge < -0.3 is 47.8 Å². The van der Waals surface area contributed by atoms with E-state index in [4.69, 9.17) is 17.2 Å². The van der Waals surface area contributed by atoms with Crippen molar-refractivity contribution in [1.82, 2.24) is 30.5 Å². The van der Waals surface area contributed by atoms with Gasteiger partial charge in [0.05, 0.1) is 12.4 Å². The lowest BCUT2D eigenvalue weighted by Gasteiger charge is -2.29. The van der Waals surface area contributed by atoms with Crippen molar-refractivity contribution in [3.8, 4) is 0 Å². The molecule has 0 spiro atoms. The monoisotopic (exact) mass is 594 g/mol. The summed E-state index contributed by atoms with van der Waals surface area (Å²) in [6, 6.07) is 3.43. The Kier molecular flexibility index (Phi) is 10.3. The minimum Gasteiger partial charge on any atom is -0.480 e. The van der Waals surface area contributed by atoms with E-state index in [1.807, 2.05) is 24.3 Å². The number of likely N-dealkylation sites (tertiary alicyclic amines) is 1. The molecule has 0 aliphatic carbocycles. The predicted molar refractivity (Wildman–Crippen MR) is 158 cm³/mol. The Morgan fingerprint density at radius 3 is 2.58 bits per heavy atom. The summed E-state index contributed by atoms with van der Waals surface area (Å²) in [6.07, 6.45) is 6.48. The highest BCUT2D eigenvalue weighted by atomic mass is 16.4. The van der Waals surface area contributed by atoms with E-state index < -0.39 is 47.9 Å². The molecular formula is C28H38N10O5. The molecule has 0 bridgehead atoms. The van der Waals surface area contributed by atoms with Crippen molar-refractivity contribution in [2.24, 2.45) is 22.2 Å². The molecule has 1 aliphatic heterocycles. The van der Waals surface area contributed by atoms with Gasteiger partial charge in [-0.15, -0.1) is 0 Å². The van der Waals surface area contributed by atoms with Gasteiger partial charge >= 0.3 is 5.97 Å². The number of carboxylic acids is 1. The first-order valence-corrected chi connectivity index (χ1v) is 14.1. The lowest BCUT2D eigenvalue weighted by Crippen LogP contribution is -2.58. The number of hydrogen-bond donors (Lipinski definition) is 8. The Hall–Kier alpha value is -4.92. The molecule has 1 aromatic carbocycles. The average molecular weight is 595 g/mol. The molecule has 1 fully saturated rings. The first-order valence-electron chi connectivity index (χ1n) is 14.1. The lowest BCUT2D eigenvalue weighted by molar-refractivity contribution is -0.149. The second kappa shape index (κ2) is 14.3. The predicted octanol–water partition coefficient (Wildman–Crippen LogP) is -0.898. The number of imidazole rings is 1. The Labute approximate surface area is 247 Å². The third-order valence-corrected chi connectivity index (χ3v) is 7.45. The SMILES string of the molecule is NC(N)=NCCCC(N)C(=O)NC(Cc1c[nH]c2ccccc12)C(=O)NC(Cc1cnc[nH]1)C(=O)N1CCCC1C(=O)O. The minimum atomic E-state index is -1.11. The van der Waals surface area contributed by atoms with Gasteiger partial charge in [-0.25, -0.2) is 9.78 Å². The maximum absolute atomic E-state index is 13.8. The van der Waals surface area contributed by atoms with Crippen molar-refractivity contribution < 1.29 is 24.3 Å². The zero-order valence-electron chi connectivity index (χ0n) is 23.7. The number of aromatic nitrogens is 3. The summed E-state index contributed by atoms with van der Waals surface area (Å²) in [5.41, 5.74) is 19.0. The van der Waals surface area contributed by atoms with Crippen LogP contribution in [0.15, 0.2) is 48.0 Å². The van der Waals surface area contributed by atoms with Crippen LogP contribution in [0.5, 0.6) is 0 Å². The summed E-state index contributed by atoms with van der Waals surface area (Å²) in [5.74, 6) is -2.85. The van der Waals surface area contributed by atoms with Crippen molar-refractivity contribution in [1.29, 1.82) is 0 Å². The number of guanidine groups is 1. The van der Waals surface area contributed by atoms with Crippen LogP contribution in [0.1, 0.15) is 36.9 Å². The van der Waals surface area contributed by atoms with E-state index in [-0.39, 0.29) is 31.8 Å². The molecule has 4 rings (SSSR count). The zero-order valence-corrected chi connectivity index (χ0v) is 23.7. The zero-order chi connectivity index (χ0) is 30.9. The van der Waals surface area contributed by atoms with Crippen molar-refractivity contribution >= 4 is 40.6 Å². The Bertz CT molecular complexity index is 1450. The molecule has 15 heteroatoms. The quantitative estimate of drug-likeness (QED) is 0.0653. The van der Waals surface area contributed by atoms with Gasteiger partial charge in [-0.1, -0.05) is 18.2 Å². The fraction of sp³-hybridized carbons (Fsp3) is 0.429. The fourth-order valence-corrected chi connectivity index (χ4v) is 5.23. The third-order valence-electron chi connectivity index (χ3n) is 7.45. The number of aromatic amines is 2. The molecule has 1 aliphatic rings. The van der Waals surface area contributed by atoms with Gasteiger partial charge in [0.15, 0.2) is 5.96 Å². The van der Waals surface area contributed by atoms with E-state index in [9.17, 15) is 24.3 Å². The van der Waals surface area contributed by atoms with Crippen LogP contribution in [-0.2, 0) is 32.0 Å². The van der Waals surface area contributed by atoms with Crippen LogP contribution < -0.4 is 27.8 Å². The van der Waals surface area contributed by atoms with Gasteiger partial charge in [-0.05, 0) is 37.3 Å². The largest absolute Gasteiger partial charge is 0.480 e. The van der Waals surface area contributed by atoms with Gasteiger partial charge in [0, 0.05) is 54.9 Å². The lowest BCUT2D eigenvalue weighted by atomic mass is 10.0. The van der Waals surface area contributed by atoms with Crippen LogP contribution in [0.3, 0.4) is 0 Å². The second-order valence-electron chi connectivity index (χ2n) is 10.6. The number of rotatable bonds is 14. The number of nitrogens with two attached hydrogens (primary N) is 3. The number of fused-ring (bicyclic) bond motifs is 1. The van der Waals surface area contributed by atoms with Crippen LogP contribution in [0.2, 0.25) is 0 Å². The van der Waals surface area contributed by atoms with Crippen LogP contribution in [-0.4, -0.2) is 91.9 Å². The topological polar surface area (TPSA) is 251 Å². The van der Waals surface area contributed by atoms with E-state index in [1.165, 1.54) is 17.4 Å². The Balaban J connectivity index is 1.55. The van der Waals surface area contributed by atoms with Crippen molar-refractivity contribution in [2.75, 3.05) is 13.1 Å². The summed E-state index contributed by atoms with van der Waals surface area (Å²) >= 11 is 0. The van der Waals surface area contributed by atoms with Crippen LogP contribution in [0.25, 0.3) is 10.9 Å². The highest BCUT2D eigenvalue weighted by Crippen LogP contribution is 2.21. The van der Waals surface area contributed by atoms with Crippen molar-refractivity contribution in [3.05, 3.63) is 54.2 Å². The molecule has 3 heterocycles. The van der Waals surface area contributed by atoms with Crippen LogP contribution in [0.4, 0.5) is 0 Å². The molecule has 11 N–H and O–H groups in total. The minimum absolute atomic E-state index is 0.0471. The maximum atomic E-state index is 13.8. The first-order chi connectivity index (χ1) is 20.6. The number of aliphatic imine (C=N–C) groups is 1. The summed E-state index contributed by atoms with van der Waals surface area (Å²) in [4.78, 5) is 67.6. The molecule has 4 unspecified atom stereocenters. The second-order valence-corrected chi connectivity index (χ2v) is 10.6. The molecule has 3 amide bonds. The number of carboxylic acid groups (broad SMARTS) is 1. The van der Waals surface area contributed by atoms with Crippen LogP contribution in [0, 0.1) is 0 Å². The maximum Gasteiger partial charge on any atom is 0.326 e. The van der Waals surface area contributed by atoms with E-state index in [1.54, 1.807) is 6.20 Å². The van der Waals surface area contributed by atoms with E-state index >= 15 is 0 Å². The molecule has 3 aromatic rings. The third kappa shape index (κ3) is 8.09. The number of hydrogen-bond acceptors (Lipinski definition) is 7. The van der Waals surface area contributed by atoms with Crippen molar-refractivity contribution in [2.45, 2.75) is 62.7 Å². The first kappa shape index (κ1) is 31.0. The molecular weight excluding hydrogens is 556 g/mol. The number of para-hydroxylation sites is 1.